The Bertz CT molecular complexity index is 871. The predicted octanol–water partition coefficient (Wildman–Crippen LogP) is 4.45. The van der Waals surface area contributed by atoms with Gasteiger partial charge >= 0.3 is 0 Å². The molecule has 0 radical (unpaired) electrons. The molecule has 0 aliphatic heterocycles. The van der Waals surface area contributed by atoms with Crippen LogP contribution in [-0.4, -0.2) is 10.8 Å². The minimum Gasteiger partial charge on any atom is -0.320 e. The van der Waals surface area contributed by atoms with Crippen molar-refractivity contribution >= 4 is 46.6 Å². The highest BCUT2D eigenvalue weighted by Gasteiger charge is 2.14. The minimum atomic E-state index is -0.678. The van der Waals surface area contributed by atoms with E-state index in [1.807, 2.05) is 0 Å². The zero-order chi connectivity index (χ0) is 17.7. The van der Waals surface area contributed by atoms with E-state index in [-0.39, 0.29) is 22.0 Å². The maximum Gasteiger partial charge on any atom is 0.271 e. The monoisotopic (exact) mass is 361 g/mol. The maximum absolute atomic E-state index is 12.2. The third-order valence-corrected chi connectivity index (χ3v) is 3.52. The van der Waals surface area contributed by atoms with Gasteiger partial charge in [0.25, 0.3) is 11.6 Å². The molecule has 0 spiro atoms. The Morgan fingerprint density at radius 1 is 1.21 bits per heavy atom. The van der Waals surface area contributed by atoms with Crippen LogP contribution in [0.25, 0.3) is 6.08 Å². The summed E-state index contributed by atoms with van der Waals surface area (Å²) in [6, 6.07) is 12.0. The predicted molar refractivity (Wildman–Crippen MR) is 91.8 cm³/mol. The standard InChI is InChI=1S/C16H9Cl2N3O3/c17-12-3-1-10(2-4-12)7-11(9-19)16(22)20-15-6-5-13(21(23)24)8-14(15)18/h1-8H,(H,20,22)/b11-7-. The molecule has 0 saturated heterocycles. The van der Waals surface area contributed by atoms with Gasteiger partial charge in [-0.15, -0.1) is 0 Å². The van der Waals surface area contributed by atoms with Crippen LogP contribution < -0.4 is 5.32 Å². The van der Waals surface area contributed by atoms with E-state index in [9.17, 15) is 14.9 Å². The molecule has 1 amide bonds. The van der Waals surface area contributed by atoms with Gasteiger partial charge in [-0.1, -0.05) is 35.3 Å². The Hall–Kier alpha value is -2.88. The second-order valence-electron chi connectivity index (χ2n) is 4.60. The van der Waals surface area contributed by atoms with Gasteiger partial charge in [-0.3, -0.25) is 14.9 Å². The zero-order valence-electron chi connectivity index (χ0n) is 12.0. The van der Waals surface area contributed by atoms with Crippen LogP contribution in [0.3, 0.4) is 0 Å². The van der Waals surface area contributed by atoms with Crippen LogP contribution in [-0.2, 0) is 4.79 Å². The first-order valence-corrected chi connectivity index (χ1v) is 7.29. The van der Waals surface area contributed by atoms with Gasteiger partial charge in [-0.05, 0) is 29.8 Å². The Morgan fingerprint density at radius 2 is 1.88 bits per heavy atom. The van der Waals surface area contributed by atoms with E-state index in [1.165, 1.54) is 18.2 Å². The number of hydrogen-bond donors (Lipinski definition) is 1. The van der Waals surface area contributed by atoms with Crippen molar-refractivity contribution in [3.05, 3.63) is 73.8 Å². The normalized spacial score (nSPS) is 10.8. The number of halogens is 2. The average Bonchev–Trinajstić information content (AvgIpc) is 2.55. The Morgan fingerprint density at radius 3 is 2.42 bits per heavy atom. The molecule has 6 nitrogen and oxygen atoms in total. The first kappa shape index (κ1) is 17.5. The van der Waals surface area contributed by atoms with E-state index in [0.29, 0.717) is 10.6 Å². The number of carbonyl (C=O) groups excluding carboxylic acids is 1. The fourth-order valence-electron chi connectivity index (χ4n) is 1.78. The molecule has 0 aliphatic rings. The lowest BCUT2D eigenvalue weighted by Crippen LogP contribution is -2.13. The molecule has 0 bridgehead atoms. The minimum absolute atomic E-state index is 0.00123. The number of rotatable bonds is 4. The number of carbonyl (C=O) groups is 1. The first-order valence-electron chi connectivity index (χ1n) is 6.53. The lowest BCUT2D eigenvalue weighted by molar-refractivity contribution is -0.384. The summed E-state index contributed by atoms with van der Waals surface area (Å²) < 4.78 is 0. The molecule has 2 aromatic carbocycles. The third kappa shape index (κ3) is 4.32. The van der Waals surface area contributed by atoms with Gasteiger partial charge in [0.15, 0.2) is 0 Å². The highest BCUT2D eigenvalue weighted by atomic mass is 35.5. The fourth-order valence-corrected chi connectivity index (χ4v) is 2.13. The second kappa shape index (κ2) is 7.59. The highest BCUT2D eigenvalue weighted by molar-refractivity contribution is 6.34. The number of nitro benzene ring substituents is 1. The Kier molecular flexibility index (Phi) is 5.53. The summed E-state index contributed by atoms with van der Waals surface area (Å²) in [5, 5.41) is 22.8. The van der Waals surface area contributed by atoms with Gasteiger partial charge in [0.1, 0.15) is 11.6 Å². The molecule has 24 heavy (non-hydrogen) atoms. The summed E-state index contributed by atoms with van der Waals surface area (Å²) in [4.78, 5) is 22.2. The van der Waals surface area contributed by atoms with Crippen LogP contribution in [0, 0.1) is 21.4 Å². The van der Waals surface area contributed by atoms with E-state index in [2.05, 4.69) is 5.32 Å². The number of amides is 1. The molecule has 2 rings (SSSR count). The molecule has 0 aliphatic carbocycles. The van der Waals surface area contributed by atoms with Gasteiger partial charge in [-0.25, -0.2) is 0 Å². The topological polar surface area (TPSA) is 96.0 Å². The van der Waals surface area contributed by atoms with Gasteiger partial charge in [0.05, 0.1) is 15.6 Å². The summed E-state index contributed by atoms with van der Waals surface area (Å²) in [5.74, 6) is -0.678. The largest absolute Gasteiger partial charge is 0.320 e. The van der Waals surface area contributed by atoms with Crippen molar-refractivity contribution in [2.75, 3.05) is 5.32 Å². The summed E-state index contributed by atoms with van der Waals surface area (Å²) in [6.45, 7) is 0. The molecule has 0 saturated carbocycles. The molecule has 2 aromatic rings. The Labute approximate surface area is 147 Å². The zero-order valence-corrected chi connectivity index (χ0v) is 13.5. The molecule has 0 atom stereocenters. The number of benzene rings is 2. The third-order valence-electron chi connectivity index (χ3n) is 2.96. The van der Waals surface area contributed by atoms with E-state index in [1.54, 1.807) is 30.3 Å². The second-order valence-corrected chi connectivity index (χ2v) is 5.44. The number of nitrogens with one attached hydrogen (secondary N) is 1. The van der Waals surface area contributed by atoms with E-state index in [4.69, 9.17) is 28.5 Å². The quantitative estimate of drug-likeness (QED) is 0.376. The summed E-state index contributed by atoms with van der Waals surface area (Å²) in [5.41, 5.74) is 0.451. The van der Waals surface area contributed by atoms with Crippen molar-refractivity contribution < 1.29 is 9.72 Å². The van der Waals surface area contributed by atoms with Crippen molar-refractivity contribution in [3.8, 4) is 6.07 Å². The molecule has 0 fully saturated rings. The van der Waals surface area contributed by atoms with Gasteiger partial charge in [-0.2, -0.15) is 5.26 Å². The number of nitrogens with zero attached hydrogens (tertiary/aromatic N) is 2. The number of hydrogen-bond acceptors (Lipinski definition) is 4. The van der Waals surface area contributed by atoms with Crippen molar-refractivity contribution in [2.24, 2.45) is 0 Å². The lowest BCUT2D eigenvalue weighted by Gasteiger charge is -2.06. The molecule has 1 N–H and O–H groups in total. The van der Waals surface area contributed by atoms with E-state index >= 15 is 0 Å². The number of nitriles is 1. The summed E-state index contributed by atoms with van der Waals surface area (Å²) >= 11 is 11.7. The average molecular weight is 362 g/mol. The molecular formula is C16H9Cl2N3O3. The van der Waals surface area contributed by atoms with Crippen LogP contribution in [0.2, 0.25) is 10.0 Å². The van der Waals surface area contributed by atoms with Crippen LogP contribution in [0.15, 0.2) is 48.0 Å². The maximum atomic E-state index is 12.2. The molecule has 0 aromatic heterocycles. The van der Waals surface area contributed by atoms with Crippen molar-refractivity contribution in [1.82, 2.24) is 0 Å². The summed E-state index contributed by atoms with van der Waals surface area (Å²) in [6.07, 6.45) is 1.39. The number of nitro groups is 1. The molecule has 8 heteroatoms. The van der Waals surface area contributed by atoms with Gasteiger partial charge in [0.2, 0.25) is 0 Å². The van der Waals surface area contributed by atoms with Crippen LogP contribution in [0.1, 0.15) is 5.56 Å². The van der Waals surface area contributed by atoms with Gasteiger partial charge in [0, 0.05) is 17.2 Å². The van der Waals surface area contributed by atoms with E-state index in [0.717, 1.165) is 6.07 Å². The molecule has 120 valence electrons. The lowest BCUT2D eigenvalue weighted by atomic mass is 10.1. The number of anilines is 1. The van der Waals surface area contributed by atoms with Gasteiger partial charge < -0.3 is 5.32 Å². The van der Waals surface area contributed by atoms with Crippen molar-refractivity contribution in [2.45, 2.75) is 0 Å². The molecule has 0 heterocycles. The fraction of sp³-hybridized carbons (Fsp3) is 0. The van der Waals surface area contributed by atoms with Crippen LogP contribution in [0.4, 0.5) is 11.4 Å². The highest BCUT2D eigenvalue weighted by Crippen LogP contribution is 2.27. The van der Waals surface area contributed by atoms with Crippen LogP contribution >= 0.6 is 23.2 Å². The Balaban J connectivity index is 2.22. The smallest absolute Gasteiger partial charge is 0.271 e. The van der Waals surface area contributed by atoms with Crippen LogP contribution in [0.5, 0.6) is 0 Å². The number of non-ortho nitro benzene ring substituents is 1. The summed E-state index contributed by atoms with van der Waals surface area (Å²) in [7, 11) is 0. The van der Waals surface area contributed by atoms with Crippen molar-refractivity contribution in [1.29, 1.82) is 5.26 Å². The molecule has 0 unspecified atom stereocenters. The van der Waals surface area contributed by atoms with E-state index < -0.39 is 10.8 Å². The van der Waals surface area contributed by atoms with Crippen molar-refractivity contribution in [3.63, 3.8) is 0 Å². The molecular weight excluding hydrogens is 353 g/mol. The SMILES string of the molecule is N#C/C(=C/c1ccc(Cl)cc1)C(=O)Nc1ccc([N+](=O)[O-])cc1Cl. The first-order chi connectivity index (χ1) is 11.4.